The lowest BCUT2D eigenvalue weighted by Crippen LogP contribution is -2.00. The molecule has 1 aromatic heterocycles. The molecule has 0 saturated carbocycles. The Morgan fingerprint density at radius 2 is 1.88 bits per heavy atom. The van der Waals surface area contributed by atoms with Crippen LogP contribution in [0.5, 0.6) is 0 Å². The molecule has 0 spiro atoms. The van der Waals surface area contributed by atoms with Gasteiger partial charge in [-0.25, -0.2) is 4.79 Å². The number of nitrogen functional groups attached to an aromatic ring is 1. The van der Waals surface area contributed by atoms with Gasteiger partial charge in [0.2, 0.25) is 0 Å². The molecule has 0 fully saturated rings. The van der Waals surface area contributed by atoms with E-state index in [0.29, 0.717) is 5.56 Å². The molecule has 4 heteroatoms. The van der Waals surface area contributed by atoms with Crippen molar-refractivity contribution in [2.24, 2.45) is 0 Å². The van der Waals surface area contributed by atoms with Crippen molar-refractivity contribution < 1.29 is 9.53 Å². The number of anilines is 1. The lowest BCUT2D eigenvalue weighted by atomic mass is 10.3. The molecule has 0 unspecified atom stereocenters. The summed E-state index contributed by atoms with van der Waals surface area (Å²) >= 11 is 0. The Labute approximate surface area is 100 Å². The van der Waals surface area contributed by atoms with E-state index in [0.717, 1.165) is 5.69 Å². The fourth-order valence-corrected chi connectivity index (χ4v) is 1.05. The summed E-state index contributed by atoms with van der Waals surface area (Å²) in [6, 6.07) is 12.8. The number of pyridine rings is 1. The Kier molecular flexibility index (Phi) is 5.24. The minimum absolute atomic E-state index is 0.354. The average molecular weight is 230 g/mol. The molecule has 0 saturated heterocycles. The largest absolute Gasteiger partial charge is 0.465 e. The summed E-state index contributed by atoms with van der Waals surface area (Å²) in [5.74, 6) is -0.354. The Morgan fingerprint density at radius 1 is 1.18 bits per heavy atom. The topological polar surface area (TPSA) is 65.2 Å². The summed E-state index contributed by atoms with van der Waals surface area (Å²) < 4.78 is 4.46. The van der Waals surface area contributed by atoms with Gasteiger partial charge in [-0.3, -0.25) is 4.98 Å². The Morgan fingerprint density at radius 3 is 2.29 bits per heavy atom. The highest BCUT2D eigenvalue weighted by Crippen LogP contribution is 1.96. The maximum Gasteiger partial charge on any atom is 0.339 e. The molecular formula is C13H14N2O2. The molecule has 0 amide bonds. The number of rotatable bonds is 1. The molecule has 17 heavy (non-hydrogen) atoms. The Balaban J connectivity index is 0.000000181. The van der Waals surface area contributed by atoms with E-state index in [1.807, 2.05) is 30.3 Å². The first-order chi connectivity index (χ1) is 8.24. The summed E-state index contributed by atoms with van der Waals surface area (Å²) in [6.45, 7) is 0. The number of carbonyl (C=O) groups is 1. The van der Waals surface area contributed by atoms with Crippen LogP contribution in [-0.4, -0.2) is 18.1 Å². The number of ether oxygens (including phenoxy) is 1. The zero-order valence-electron chi connectivity index (χ0n) is 9.54. The van der Waals surface area contributed by atoms with Crippen molar-refractivity contribution in [3.05, 3.63) is 60.4 Å². The van der Waals surface area contributed by atoms with Crippen molar-refractivity contribution in [3.8, 4) is 0 Å². The van der Waals surface area contributed by atoms with Crippen LogP contribution in [0.1, 0.15) is 10.4 Å². The second-order valence-corrected chi connectivity index (χ2v) is 3.14. The molecule has 0 aliphatic carbocycles. The number of para-hydroxylation sites is 1. The van der Waals surface area contributed by atoms with Crippen molar-refractivity contribution >= 4 is 11.7 Å². The van der Waals surface area contributed by atoms with Gasteiger partial charge in [0, 0.05) is 18.1 Å². The first kappa shape index (κ1) is 12.7. The molecule has 0 atom stereocenters. The van der Waals surface area contributed by atoms with E-state index >= 15 is 0 Å². The lowest BCUT2D eigenvalue weighted by molar-refractivity contribution is 0.0600. The minimum atomic E-state index is -0.354. The number of hydrogen-bond donors (Lipinski definition) is 1. The Hall–Kier alpha value is -2.36. The van der Waals surface area contributed by atoms with E-state index < -0.39 is 0 Å². The van der Waals surface area contributed by atoms with Crippen LogP contribution < -0.4 is 5.73 Å². The number of hydrogen-bond acceptors (Lipinski definition) is 4. The summed E-state index contributed by atoms with van der Waals surface area (Å²) in [5, 5.41) is 0. The third-order valence-corrected chi connectivity index (χ3v) is 1.88. The predicted octanol–water partition coefficient (Wildman–Crippen LogP) is 2.14. The van der Waals surface area contributed by atoms with E-state index in [9.17, 15) is 4.79 Å². The number of esters is 1. The van der Waals surface area contributed by atoms with E-state index in [-0.39, 0.29) is 5.97 Å². The molecule has 0 aliphatic rings. The quantitative estimate of drug-likeness (QED) is 0.602. The third-order valence-electron chi connectivity index (χ3n) is 1.88. The van der Waals surface area contributed by atoms with Gasteiger partial charge in [0.1, 0.15) is 0 Å². The van der Waals surface area contributed by atoms with Crippen molar-refractivity contribution in [2.45, 2.75) is 0 Å². The van der Waals surface area contributed by atoms with Crippen LogP contribution >= 0.6 is 0 Å². The van der Waals surface area contributed by atoms with Crippen LogP contribution in [0.4, 0.5) is 5.69 Å². The maximum atomic E-state index is 10.8. The molecule has 0 radical (unpaired) electrons. The molecule has 1 aromatic carbocycles. The number of nitrogens with zero attached hydrogens (tertiary/aromatic N) is 1. The van der Waals surface area contributed by atoms with E-state index in [1.54, 1.807) is 18.3 Å². The predicted molar refractivity (Wildman–Crippen MR) is 66.4 cm³/mol. The summed E-state index contributed by atoms with van der Waals surface area (Å²) in [4.78, 5) is 14.5. The number of nitrogens with two attached hydrogens (primary N) is 1. The monoisotopic (exact) mass is 230 g/mol. The van der Waals surface area contributed by atoms with Crippen molar-refractivity contribution in [1.29, 1.82) is 0 Å². The van der Waals surface area contributed by atoms with Gasteiger partial charge in [0.05, 0.1) is 12.7 Å². The molecule has 0 bridgehead atoms. The van der Waals surface area contributed by atoms with Crippen LogP contribution in [0, 0.1) is 0 Å². The van der Waals surface area contributed by atoms with Gasteiger partial charge in [-0.15, -0.1) is 0 Å². The fourth-order valence-electron chi connectivity index (χ4n) is 1.05. The van der Waals surface area contributed by atoms with Crippen molar-refractivity contribution in [3.63, 3.8) is 0 Å². The van der Waals surface area contributed by atoms with Gasteiger partial charge in [-0.2, -0.15) is 0 Å². The molecular weight excluding hydrogens is 216 g/mol. The summed E-state index contributed by atoms with van der Waals surface area (Å²) in [6.07, 6.45) is 3.07. The highest BCUT2D eigenvalue weighted by Gasteiger charge is 2.01. The van der Waals surface area contributed by atoms with Gasteiger partial charge in [-0.05, 0) is 24.3 Å². The van der Waals surface area contributed by atoms with Gasteiger partial charge in [0.15, 0.2) is 0 Å². The zero-order valence-corrected chi connectivity index (χ0v) is 9.54. The fraction of sp³-hybridized carbons (Fsp3) is 0.0769. The van der Waals surface area contributed by atoms with E-state index in [1.165, 1.54) is 13.3 Å². The van der Waals surface area contributed by atoms with Gasteiger partial charge >= 0.3 is 5.97 Å². The van der Waals surface area contributed by atoms with Gasteiger partial charge < -0.3 is 10.5 Å². The normalized spacial score (nSPS) is 8.76. The lowest BCUT2D eigenvalue weighted by Gasteiger charge is -1.94. The molecule has 1 heterocycles. The standard InChI is InChI=1S/C7H7NO2.C6H7N/c1-10-7(9)6-3-2-4-8-5-6;7-6-4-2-1-3-5-6/h2-5H,1H3;1-5H,7H2. The first-order valence-corrected chi connectivity index (χ1v) is 5.03. The van der Waals surface area contributed by atoms with Crippen molar-refractivity contribution in [2.75, 3.05) is 12.8 Å². The number of carbonyl (C=O) groups excluding carboxylic acids is 1. The van der Waals surface area contributed by atoms with Gasteiger partial charge in [-0.1, -0.05) is 18.2 Å². The molecule has 2 N–H and O–H groups in total. The smallest absolute Gasteiger partial charge is 0.339 e. The van der Waals surface area contributed by atoms with Crippen molar-refractivity contribution in [1.82, 2.24) is 4.98 Å². The second-order valence-electron chi connectivity index (χ2n) is 3.14. The maximum absolute atomic E-state index is 10.8. The van der Waals surface area contributed by atoms with E-state index in [2.05, 4.69) is 9.72 Å². The molecule has 2 rings (SSSR count). The van der Waals surface area contributed by atoms with E-state index in [4.69, 9.17) is 5.73 Å². The summed E-state index contributed by atoms with van der Waals surface area (Å²) in [7, 11) is 1.34. The van der Waals surface area contributed by atoms with Crippen LogP contribution in [0.2, 0.25) is 0 Å². The zero-order chi connectivity index (χ0) is 12.5. The molecule has 88 valence electrons. The molecule has 0 aliphatic heterocycles. The summed E-state index contributed by atoms with van der Waals surface area (Å²) in [5.41, 5.74) is 6.66. The van der Waals surface area contributed by atoms with Crippen LogP contribution in [-0.2, 0) is 4.74 Å². The van der Waals surface area contributed by atoms with Crippen LogP contribution in [0.25, 0.3) is 0 Å². The highest BCUT2D eigenvalue weighted by atomic mass is 16.5. The number of benzene rings is 1. The third kappa shape index (κ3) is 4.79. The highest BCUT2D eigenvalue weighted by molar-refractivity contribution is 5.88. The first-order valence-electron chi connectivity index (χ1n) is 5.03. The molecule has 2 aromatic rings. The van der Waals surface area contributed by atoms with Gasteiger partial charge in [0.25, 0.3) is 0 Å². The number of aromatic nitrogens is 1. The molecule has 4 nitrogen and oxygen atoms in total. The Bertz CT molecular complexity index is 443. The second kappa shape index (κ2) is 7.00. The average Bonchev–Trinajstić information content (AvgIpc) is 2.40. The number of methoxy groups -OCH3 is 1. The SMILES string of the molecule is COC(=O)c1cccnc1.Nc1ccccc1. The van der Waals surface area contributed by atoms with Crippen LogP contribution in [0.15, 0.2) is 54.9 Å². The minimum Gasteiger partial charge on any atom is -0.465 e. The van der Waals surface area contributed by atoms with Crippen LogP contribution in [0.3, 0.4) is 0 Å².